The van der Waals surface area contributed by atoms with Crippen molar-refractivity contribution in [1.82, 2.24) is 4.90 Å². The molecule has 0 N–H and O–H groups in total. The normalized spacial score (nSPS) is 12.7. The van der Waals surface area contributed by atoms with Crippen LogP contribution in [0.3, 0.4) is 0 Å². The van der Waals surface area contributed by atoms with Gasteiger partial charge >= 0.3 is 50.1 Å². The fourth-order valence-corrected chi connectivity index (χ4v) is 6.79. The van der Waals surface area contributed by atoms with Gasteiger partial charge < -0.3 is 19.4 Å². The van der Waals surface area contributed by atoms with Crippen LogP contribution in [0.15, 0.2) is 12.7 Å². The third-order valence-electron chi connectivity index (χ3n) is 3.22. The predicted molar refractivity (Wildman–Crippen MR) is 105 cm³/mol. The number of halogens is 6. The maximum atomic E-state index is 12.5. The summed E-state index contributed by atoms with van der Waals surface area (Å²) in [4.78, 5) is 0.777. The Labute approximate surface area is 197 Å². The van der Waals surface area contributed by atoms with Crippen molar-refractivity contribution >= 4 is 55.7 Å². The summed E-state index contributed by atoms with van der Waals surface area (Å²) in [5.74, 6) is 0. The van der Waals surface area contributed by atoms with Gasteiger partial charge in [0.1, 0.15) is 0 Å². The molecule has 0 aromatic heterocycles. The van der Waals surface area contributed by atoms with E-state index in [9.17, 15) is 31.4 Å². The third kappa shape index (κ3) is 14.0. The summed E-state index contributed by atoms with van der Waals surface area (Å²) in [7, 11) is 0.170. The van der Waals surface area contributed by atoms with Crippen molar-refractivity contribution in [3.8, 4) is 0 Å². The molecule has 164 valence electrons. The molecule has 13 heteroatoms. The Balaban J connectivity index is -0.000000665. The molecule has 0 heterocycles. The molecule has 0 radical (unpaired) electrons. The number of hydrogen-bond donors (Lipinski definition) is 0. The molecule has 0 aromatic carbocycles. The van der Waals surface area contributed by atoms with Gasteiger partial charge in [-0.15, -0.1) is 6.58 Å². The first-order valence-corrected chi connectivity index (χ1v) is 14.1. The van der Waals surface area contributed by atoms with Gasteiger partial charge in [-0.05, 0) is 6.42 Å². The molecule has 0 atom stereocenters. The molecule has 0 spiro atoms. The SMILES string of the molecule is C=CCCN(CCOC)CC([O-])(C(F)(F)F)C(F)(F)F.C[SiH](C)[N-][SiH](C)C.[Ca+2]. The zero-order valence-corrected chi connectivity index (χ0v) is 21.7. The minimum absolute atomic E-state index is 0. The Morgan fingerprint density at radius 2 is 1.43 bits per heavy atom. The molecule has 0 aliphatic rings. The Bertz CT molecular complexity index is 393. The largest absolute Gasteiger partial charge is 2.00 e. The molecule has 0 aromatic rings. The summed E-state index contributed by atoms with van der Waals surface area (Å²) in [6, 6.07) is 0. The molecule has 28 heavy (non-hydrogen) atoms. The molecule has 0 bridgehead atoms. The van der Waals surface area contributed by atoms with E-state index in [0.29, 0.717) is 0 Å². The number of hydrogen-bond acceptors (Lipinski definition) is 3. The van der Waals surface area contributed by atoms with Crippen LogP contribution < -0.4 is 5.11 Å². The van der Waals surface area contributed by atoms with Gasteiger partial charge in [0.2, 0.25) is 0 Å². The number of alkyl halides is 6. The Kier molecular flexibility index (Phi) is 18.7. The summed E-state index contributed by atoms with van der Waals surface area (Å²) in [5, 5.41) is 11.3. The van der Waals surface area contributed by atoms with E-state index in [2.05, 4.69) is 42.2 Å². The van der Waals surface area contributed by atoms with Crippen LogP contribution in [0.1, 0.15) is 6.42 Å². The van der Waals surface area contributed by atoms with Crippen LogP contribution in [0.2, 0.25) is 26.2 Å². The molecule has 0 fully saturated rings. The molecule has 0 rings (SSSR count). The van der Waals surface area contributed by atoms with Crippen molar-refractivity contribution in [2.24, 2.45) is 0 Å². The topological polar surface area (TPSA) is 49.6 Å². The van der Waals surface area contributed by atoms with Crippen LogP contribution in [0.4, 0.5) is 26.3 Å². The maximum absolute atomic E-state index is 12.5. The van der Waals surface area contributed by atoms with E-state index in [-0.39, 0.29) is 63.9 Å². The quantitative estimate of drug-likeness (QED) is 0.274. The summed E-state index contributed by atoms with van der Waals surface area (Å²) in [6.07, 6.45) is -10.3. The van der Waals surface area contributed by atoms with Crippen molar-refractivity contribution in [3.63, 3.8) is 0 Å². The van der Waals surface area contributed by atoms with Gasteiger partial charge in [0.05, 0.1) is 12.2 Å². The average Bonchev–Trinajstić information content (AvgIpc) is 2.46. The van der Waals surface area contributed by atoms with E-state index in [1.807, 2.05) is 0 Å². The second-order valence-electron chi connectivity index (χ2n) is 6.51. The molecule has 4 nitrogen and oxygen atoms in total. The first-order chi connectivity index (χ1) is 12.1. The van der Waals surface area contributed by atoms with E-state index >= 15 is 0 Å². The number of nitrogens with zero attached hydrogens (tertiary/aromatic N) is 2. The van der Waals surface area contributed by atoms with Gasteiger partial charge in [-0.3, -0.25) is 0 Å². The molecule has 0 saturated heterocycles. The Hall–Kier alpha value is 0.854. The van der Waals surface area contributed by atoms with Gasteiger partial charge in [-0.2, -0.15) is 26.3 Å². The zero-order chi connectivity index (χ0) is 21.9. The molecule has 0 aliphatic heterocycles. The number of methoxy groups -OCH3 is 1. The van der Waals surface area contributed by atoms with Crippen LogP contribution >= 0.6 is 0 Å². The number of rotatable bonds is 10. The molecule has 0 aliphatic carbocycles. The second-order valence-corrected chi connectivity index (χ2v) is 12.1. The maximum Gasteiger partial charge on any atom is 2.00 e. The monoisotopic (exact) mass is 480 g/mol. The molecule has 0 saturated carbocycles. The summed E-state index contributed by atoms with van der Waals surface area (Å²) in [5.41, 5.74) is -5.02. The molecular formula is C15H30CaF6N2O2Si2. The van der Waals surface area contributed by atoms with Gasteiger partial charge in [-0.25, -0.2) is 0 Å². The minimum Gasteiger partial charge on any atom is -0.835 e. The molecule has 0 unspecified atom stereocenters. The van der Waals surface area contributed by atoms with Crippen LogP contribution in [0.25, 0.3) is 4.65 Å². The fraction of sp³-hybridized carbons (Fsp3) is 0.867. The minimum atomic E-state index is -5.93. The summed E-state index contributed by atoms with van der Waals surface area (Å²) >= 11 is 0. The third-order valence-corrected chi connectivity index (χ3v) is 7.99. The standard InChI is InChI=1S/C11H16F6NO2.C4H14NSi2.Ca/c1-3-4-5-18(6-7-20-2)8-9(19,10(12,13)14)11(15,16)17;1-6(2)5-7(3)4;/h3H,1,4-8H2,2H3;6-7H,1-4H3;/q2*-1;+2. The van der Waals surface area contributed by atoms with E-state index < -0.39 is 42.4 Å². The fourth-order valence-electron chi connectivity index (χ4n) is 2.02. The first kappa shape index (κ1) is 33.5. The van der Waals surface area contributed by atoms with Gasteiger partial charge in [0, 0.05) is 26.7 Å². The average molecular weight is 481 g/mol. The van der Waals surface area contributed by atoms with Gasteiger partial charge in [0.25, 0.3) is 0 Å². The predicted octanol–water partition coefficient (Wildman–Crippen LogP) is 2.68. The van der Waals surface area contributed by atoms with E-state index in [1.54, 1.807) is 0 Å². The number of ether oxygens (including phenoxy) is 1. The van der Waals surface area contributed by atoms with Crippen molar-refractivity contribution in [3.05, 3.63) is 17.3 Å². The first-order valence-electron chi connectivity index (χ1n) is 8.48. The van der Waals surface area contributed by atoms with Crippen LogP contribution in [-0.4, -0.2) is 112 Å². The van der Waals surface area contributed by atoms with Crippen LogP contribution in [0, 0.1) is 0 Å². The Morgan fingerprint density at radius 3 is 1.68 bits per heavy atom. The van der Waals surface area contributed by atoms with Crippen molar-refractivity contribution < 1.29 is 36.2 Å². The van der Waals surface area contributed by atoms with Crippen molar-refractivity contribution in [2.45, 2.75) is 50.6 Å². The zero-order valence-electron chi connectivity index (χ0n) is 17.2. The van der Waals surface area contributed by atoms with E-state index in [1.165, 1.54) is 13.2 Å². The molecular weight excluding hydrogens is 450 g/mol. The van der Waals surface area contributed by atoms with Crippen molar-refractivity contribution in [2.75, 3.05) is 33.4 Å². The summed E-state index contributed by atoms with van der Waals surface area (Å²) in [6.45, 7) is 10.3. The van der Waals surface area contributed by atoms with E-state index in [0.717, 1.165) is 4.90 Å². The van der Waals surface area contributed by atoms with Crippen LogP contribution in [0.5, 0.6) is 0 Å². The second kappa shape index (κ2) is 15.6. The smallest absolute Gasteiger partial charge is 0.835 e. The summed E-state index contributed by atoms with van der Waals surface area (Å²) < 4.78 is 84.1. The molecule has 0 amide bonds. The Morgan fingerprint density at radius 1 is 1.00 bits per heavy atom. The van der Waals surface area contributed by atoms with Gasteiger partial charge in [0.15, 0.2) is 0 Å². The van der Waals surface area contributed by atoms with E-state index in [4.69, 9.17) is 0 Å². The van der Waals surface area contributed by atoms with Crippen LogP contribution in [-0.2, 0) is 4.74 Å². The van der Waals surface area contributed by atoms with Gasteiger partial charge in [-0.1, -0.05) is 50.2 Å². The van der Waals surface area contributed by atoms with Crippen molar-refractivity contribution in [1.29, 1.82) is 0 Å².